The third-order valence-corrected chi connectivity index (χ3v) is 3.48. The van der Waals surface area contributed by atoms with Gasteiger partial charge in [-0.05, 0) is 6.92 Å². The highest BCUT2D eigenvalue weighted by molar-refractivity contribution is 7.51. The fourth-order valence-electron chi connectivity index (χ4n) is 2.04. The zero-order valence-corrected chi connectivity index (χ0v) is 12.2. The van der Waals surface area contributed by atoms with Crippen molar-refractivity contribution in [3.63, 3.8) is 0 Å². The van der Waals surface area contributed by atoms with Gasteiger partial charge in [0.2, 0.25) is 0 Å². The molecule has 0 aliphatic carbocycles. The van der Waals surface area contributed by atoms with Crippen LogP contribution in [0, 0.1) is 6.92 Å². The lowest BCUT2D eigenvalue weighted by Gasteiger charge is -2.16. The Hall–Kier alpha value is -1.71. The first kappa shape index (κ1) is 15.2. The third-order valence-electron chi connectivity index (χ3n) is 3.00. The van der Waals surface area contributed by atoms with Crippen LogP contribution in [0.3, 0.4) is 0 Å². The molecule has 2 aromatic rings. The van der Waals surface area contributed by atoms with Crippen LogP contribution in [-0.2, 0) is 14.0 Å². The topological polar surface area (TPSA) is 120 Å². The predicted molar refractivity (Wildman–Crippen MR) is 71.2 cm³/mol. The van der Waals surface area contributed by atoms with Crippen molar-refractivity contribution >= 4 is 18.8 Å². The van der Waals surface area contributed by atoms with E-state index >= 15 is 0 Å². The van der Waals surface area contributed by atoms with Crippen LogP contribution < -0.4 is 0 Å². The van der Waals surface area contributed by atoms with Crippen molar-refractivity contribution in [1.29, 1.82) is 0 Å². The molecule has 2 N–H and O–H groups in total. The lowest BCUT2D eigenvalue weighted by molar-refractivity contribution is -0.130. The summed E-state index contributed by atoms with van der Waals surface area (Å²) in [5.74, 6) is -0.661. The molecule has 11 heteroatoms. The molecule has 1 aliphatic rings. The van der Waals surface area contributed by atoms with E-state index in [1.807, 2.05) is 0 Å². The van der Waals surface area contributed by atoms with Crippen LogP contribution in [-0.4, -0.2) is 41.9 Å². The van der Waals surface area contributed by atoms with Gasteiger partial charge in [-0.1, -0.05) is 0 Å². The summed E-state index contributed by atoms with van der Waals surface area (Å²) < 4.78 is 36.3. The molecule has 0 saturated heterocycles. The van der Waals surface area contributed by atoms with Crippen molar-refractivity contribution in [1.82, 2.24) is 19.5 Å². The quantitative estimate of drug-likeness (QED) is 0.797. The van der Waals surface area contributed by atoms with E-state index in [9.17, 15) is 8.96 Å². The van der Waals surface area contributed by atoms with E-state index < -0.39 is 32.3 Å². The molecule has 0 bridgehead atoms. The summed E-state index contributed by atoms with van der Waals surface area (Å²) in [7, 11) is -4.36. The summed E-state index contributed by atoms with van der Waals surface area (Å²) in [5.41, 5.74) is 1.54. The lowest BCUT2D eigenvalue weighted by Crippen LogP contribution is -2.16. The fourth-order valence-corrected chi connectivity index (χ4v) is 2.38. The minimum Gasteiger partial charge on any atom is -0.336 e. The van der Waals surface area contributed by atoms with Crippen LogP contribution in [0.1, 0.15) is 11.9 Å². The maximum Gasteiger partial charge on any atom is 0.351 e. The smallest absolute Gasteiger partial charge is 0.336 e. The van der Waals surface area contributed by atoms with Crippen LogP contribution in [0.25, 0.3) is 11.2 Å². The Morgan fingerprint density at radius 3 is 2.95 bits per heavy atom. The van der Waals surface area contributed by atoms with Crippen LogP contribution >= 0.6 is 7.60 Å². The second kappa shape index (κ2) is 5.49. The van der Waals surface area contributed by atoms with Gasteiger partial charge >= 0.3 is 7.60 Å². The van der Waals surface area contributed by atoms with E-state index in [2.05, 4.69) is 15.0 Å². The normalized spacial score (nSPS) is 22.3. The predicted octanol–water partition coefficient (Wildman–Crippen LogP) is 0.995. The molecule has 118 valence electrons. The average Bonchev–Trinajstić information content (AvgIpc) is 3.00. The van der Waals surface area contributed by atoms with Gasteiger partial charge in [-0.25, -0.2) is 19.3 Å². The number of nitrogens with zero attached hydrogens (tertiary/aromatic N) is 4. The van der Waals surface area contributed by atoms with Crippen molar-refractivity contribution in [2.45, 2.75) is 19.4 Å². The molecule has 0 fully saturated rings. The zero-order chi connectivity index (χ0) is 15.9. The summed E-state index contributed by atoms with van der Waals surface area (Å²) >= 11 is 0. The number of halogens is 1. The second-order valence-electron chi connectivity index (χ2n) is 4.65. The Morgan fingerprint density at radius 1 is 1.45 bits per heavy atom. The summed E-state index contributed by atoms with van der Waals surface area (Å²) in [6, 6.07) is 0. The number of imidazole rings is 1. The van der Waals surface area contributed by atoms with Crippen molar-refractivity contribution in [3.8, 4) is 0 Å². The molecule has 0 aromatic carbocycles. The van der Waals surface area contributed by atoms with E-state index in [-0.39, 0.29) is 0 Å². The Balaban J connectivity index is 1.82. The molecule has 0 unspecified atom stereocenters. The number of ether oxygens (including phenoxy) is 2. The van der Waals surface area contributed by atoms with Gasteiger partial charge in [0.1, 0.15) is 11.8 Å². The SMILES string of the molecule is Cc1ncnc2c1ncn2[C@@H]1O[C@H](OCP(=O)(O)O)C=C1F. The Morgan fingerprint density at radius 2 is 2.23 bits per heavy atom. The van der Waals surface area contributed by atoms with E-state index in [1.165, 1.54) is 17.2 Å². The number of hydrogen-bond donors (Lipinski definition) is 2. The number of rotatable bonds is 4. The van der Waals surface area contributed by atoms with Crippen LogP contribution in [0.4, 0.5) is 4.39 Å². The fraction of sp³-hybridized carbons (Fsp3) is 0.364. The van der Waals surface area contributed by atoms with Crippen LogP contribution in [0.15, 0.2) is 24.6 Å². The van der Waals surface area contributed by atoms with Gasteiger partial charge in [0.15, 0.2) is 30.3 Å². The van der Waals surface area contributed by atoms with E-state index in [0.717, 1.165) is 6.08 Å². The van der Waals surface area contributed by atoms with Gasteiger partial charge in [-0.2, -0.15) is 0 Å². The second-order valence-corrected chi connectivity index (χ2v) is 6.24. The van der Waals surface area contributed by atoms with Crippen molar-refractivity contribution in [2.75, 3.05) is 6.35 Å². The zero-order valence-electron chi connectivity index (χ0n) is 11.3. The highest BCUT2D eigenvalue weighted by Gasteiger charge is 2.32. The standard InChI is InChI=1S/C11H12FN4O5P/c1-6-9-10(14-3-13-6)16(4-15-9)11-7(12)2-8(21-11)20-5-22(17,18)19/h2-4,8,11H,5H2,1H3,(H2,17,18,19)/t8-,11+/m0/s1. The highest BCUT2D eigenvalue weighted by atomic mass is 31.2. The molecule has 1 aliphatic heterocycles. The molecule has 2 aromatic heterocycles. The molecule has 3 heterocycles. The molecular formula is C11H12FN4O5P. The minimum absolute atomic E-state index is 0.386. The maximum atomic E-state index is 14.0. The first-order valence-corrected chi connectivity index (χ1v) is 7.98. The largest absolute Gasteiger partial charge is 0.351 e. The molecule has 0 saturated carbocycles. The summed E-state index contributed by atoms with van der Waals surface area (Å²) in [6.07, 6.45) is 0.476. The van der Waals surface area contributed by atoms with Crippen LogP contribution in [0.5, 0.6) is 0 Å². The number of fused-ring (bicyclic) bond motifs is 1. The molecule has 0 amide bonds. The van der Waals surface area contributed by atoms with Crippen molar-refractivity contribution in [3.05, 3.63) is 30.3 Å². The van der Waals surface area contributed by atoms with Crippen LogP contribution in [0.2, 0.25) is 0 Å². The average molecular weight is 330 g/mol. The summed E-state index contributed by atoms with van der Waals surface area (Å²) in [5, 5.41) is 0. The molecule has 0 radical (unpaired) electrons. The van der Waals surface area contributed by atoms with Gasteiger partial charge in [0.25, 0.3) is 0 Å². The first-order valence-electron chi connectivity index (χ1n) is 6.18. The highest BCUT2D eigenvalue weighted by Crippen LogP contribution is 2.37. The first-order chi connectivity index (χ1) is 10.3. The molecular weight excluding hydrogens is 318 g/mol. The maximum absolute atomic E-state index is 14.0. The molecule has 3 rings (SSSR count). The third kappa shape index (κ3) is 2.92. The Kier molecular flexibility index (Phi) is 3.79. The van der Waals surface area contributed by atoms with Gasteiger partial charge in [0.05, 0.1) is 12.0 Å². The molecule has 9 nitrogen and oxygen atoms in total. The number of aromatic nitrogens is 4. The molecule has 22 heavy (non-hydrogen) atoms. The van der Waals surface area contributed by atoms with Crippen molar-refractivity contribution in [2.24, 2.45) is 0 Å². The summed E-state index contributed by atoms with van der Waals surface area (Å²) in [4.78, 5) is 29.6. The monoisotopic (exact) mass is 330 g/mol. The van der Waals surface area contributed by atoms with Crippen molar-refractivity contribution < 1.29 is 28.2 Å². The van der Waals surface area contributed by atoms with E-state index in [0.29, 0.717) is 16.9 Å². The Labute approximate surface area is 123 Å². The Bertz CT molecular complexity index is 788. The van der Waals surface area contributed by atoms with Gasteiger partial charge in [-0.15, -0.1) is 0 Å². The summed E-state index contributed by atoms with van der Waals surface area (Å²) in [6.45, 7) is 1.75. The van der Waals surface area contributed by atoms with E-state index in [1.54, 1.807) is 6.92 Å². The lowest BCUT2D eigenvalue weighted by atomic mass is 10.4. The number of aryl methyl sites for hydroxylation is 1. The number of hydrogen-bond acceptors (Lipinski definition) is 6. The van der Waals surface area contributed by atoms with Gasteiger partial charge in [-0.3, -0.25) is 9.13 Å². The van der Waals surface area contributed by atoms with Gasteiger partial charge in [0, 0.05) is 6.08 Å². The minimum atomic E-state index is -4.36. The van der Waals surface area contributed by atoms with E-state index in [4.69, 9.17) is 19.3 Å². The molecule has 2 atom stereocenters. The van der Waals surface area contributed by atoms with Gasteiger partial charge < -0.3 is 19.3 Å². The molecule has 0 spiro atoms.